The Balaban J connectivity index is 1.66. The number of methoxy groups -OCH3 is 2. The van der Waals surface area contributed by atoms with Crippen LogP contribution in [-0.4, -0.2) is 62.5 Å². The number of likely N-dealkylation sites (tertiary alicyclic amines) is 1. The number of carbonyl (C=O) groups excluding carboxylic acids is 2. The third-order valence-electron chi connectivity index (χ3n) is 7.43. The van der Waals surface area contributed by atoms with Gasteiger partial charge in [-0.1, -0.05) is 47.5 Å². The lowest BCUT2D eigenvalue weighted by Crippen LogP contribution is -2.62. The van der Waals surface area contributed by atoms with E-state index >= 15 is 0 Å². The van der Waals surface area contributed by atoms with Crippen LogP contribution in [0.15, 0.2) is 42.5 Å². The fourth-order valence-electron chi connectivity index (χ4n) is 5.68. The van der Waals surface area contributed by atoms with Crippen molar-refractivity contribution in [2.75, 3.05) is 33.9 Å². The van der Waals surface area contributed by atoms with E-state index in [-0.39, 0.29) is 44.0 Å². The number of ether oxygens (including phenoxy) is 3. The minimum Gasteiger partial charge on any atom is -0.496 e. The quantitative estimate of drug-likeness (QED) is 0.624. The molecule has 1 spiro atoms. The van der Waals surface area contributed by atoms with Crippen molar-refractivity contribution in [3.8, 4) is 5.75 Å². The molecule has 2 amide bonds. The van der Waals surface area contributed by atoms with Crippen LogP contribution in [0.1, 0.15) is 41.0 Å². The highest BCUT2D eigenvalue weighted by Gasteiger charge is 2.64. The number of rotatable bonds is 5. The van der Waals surface area contributed by atoms with Gasteiger partial charge in [-0.3, -0.25) is 4.79 Å². The number of hydrogen-bond acceptors (Lipinski definition) is 5. The average molecular weight is 521 g/mol. The standard InChI is InChI=1S/C27H31F3N2O5/c1-17-13-18(2)15-19(14-17)26(36-4,27(28,29)30)23(33)32-11-9-25(10-12-32)21(16-31-24(34)37-25)20-7-5-6-8-22(20)35-3/h5-8,13-15,21H,9-12,16H2,1-4H3,(H,31,34)/t21?,26-/m0/s1. The Morgan fingerprint density at radius 3 is 2.27 bits per heavy atom. The molecule has 4 rings (SSSR count). The number of hydrogen-bond donors (Lipinski definition) is 1. The summed E-state index contributed by atoms with van der Waals surface area (Å²) in [5.74, 6) is -0.875. The van der Waals surface area contributed by atoms with Gasteiger partial charge in [-0.15, -0.1) is 0 Å². The highest BCUT2D eigenvalue weighted by atomic mass is 19.4. The highest BCUT2D eigenvalue weighted by molar-refractivity contribution is 5.88. The van der Waals surface area contributed by atoms with Crippen LogP contribution in [0.25, 0.3) is 0 Å². The van der Waals surface area contributed by atoms with Crippen molar-refractivity contribution in [3.05, 3.63) is 64.7 Å². The molecule has 0 bridgehead atoms. The number of halogens is 3. The number of piperidine rings is 1. The first-order valence-electron chi connectivity index (χ1n) is 12.1. The molecule has 2 fully saturated rings. The van der Waals surface area contributed by atoms with Gasteiger partial charge in [0.25, 0.3) is 11.5 Å². The Kier molecular flexibility index (Phi) is 7.16. The number of alkyl carbamates (subject to hydrolysis) is 1. The van der Waals surface area contributed by atoms with E-state index in [0.29, 0.717) is 16.9 Å². The van der Waals surface area contributed by atoms with Crippen molar-refractivity contribution in [2.45, 2.75) is 50.0 Å². The Hall–Kier alpha value is -3.27. The summed E-state index contributed by atoms with van der Waals surface area (Å²) in [5, 5.41) is 2.71. The van der Waals surface area contributed by atoms with Crippen molar-refractivity contribution >= 4 is 12.0 Å². The monoisotopic (exact) mass is 520 g/mol. The smallest absolute Gasteiger partial charge is 0.430 e. The summed E-state index contributed by atoms with van der Waals surface area (Å²) < 4.78 is 60.3. The van der Waals surface area contributed by atoms with Gasteiger partial charge in [0.05, 0.1) is 7.11 Å². The van der Waals surface area contributed by atoms with Crippen molar-refractivity contribution in [3.63, 3.8) is 0 Å². The first-order valence-corrected chi connectivity index (χ1v) is 12.1. The molecule has 1 unspecified atom stereocenters. The molecule has 200 valence electrons. The first-order chi connectivity index (χ1) is 17.5. The summed E-state index contributed by atoms with van der Waals surface area (Å²) in [6, 6.07) is 11.8. The molecule has 7 nitrogen and oxygen atoms in total. The minimum absolute atomic E-state index is 0.0379. The molecule has 2 aromatic rings. The van der Waals surface area contributed by atoms with Gasteiger partial charge in [-0.2, -0.15) is 13.2 Å². The predicted octanol–water partition coefficient (Wildman–Crippen LogP) is 4.60. The lowest BCUT2D eigenvalue weighted by Gasteiger charge is -2.49. The van der Waals surface area contributed by atoms with Crippen LogP contribution in [-0.2, 0) is 19.9 Å². The molecule has 0 radical (unpaired) electrons. The van der Waals surface area contributed by atoms with Gasteiger partial charge in [0.2, 0.25) is 0 Å². The number of alkyl halides is 3. The van der Waals surface area contributed by atoms with Crippen molar-refractivity contribution in [2.24, 2.45) is 0 Å². The number of carbonyl (C=O) groups is 2. The summed E-state index contributed by atoms with van der Waals surface area (Å²) in [5.41, 5.74) is -2.41. The molecule has 2 aliphatic rings. The summed E-state index contributed by atoms with van der Waals surface area (Å²) in [4.78, 5) is 27.1. The average Bonchev–Trinajstić information content (AvgIpc) is 2.84. The second-order valence-electron chi connectivity index (χ2n) is 9.68. The van der Waals surface area contributed by atoms with E-state index in [9.17, 15) is 22.8 Å². The molecule has 1 N–H and O–H groups in total. The maximum Gasteiger partial charge on any atom is 0.430 e. The van der Waals surface area contributed by atoms with Gasteiger partial charge in [0, 0.05) is 56.6 Å². The lowest BCUT2D eigenvalue weighted by atomic mass is 9.74. The van der Waals surface area contributed by atoms with Gasteiger partial charge in [0.1, 0.15) is 11.4 Å². The van der Waals surface area contributed by atoms with Gasteiger partial charge >= 0.3 is 12.3 Å². The number of para-hydroxylation sites is 1. The van der Waals surface area contributed by atoms with Crippen LogP contribution in [0.3, 0.4) is 0 Å². The van der Waals surface area contributed by atoms with E-state index in [1.165, 1.54) is 12.1 Å². The van der Waals surface area contributed by atoms with Crippen LogP contribution in [0, 0.1) is 13.8 Å². The topological polar surface area (TPSA) is 77.1 Å². The zero-order chi connectivity index (χ0) is 27.0. The molecular weight excluding hydrogens is 489 g/mol. The molecule has 0 aliphatic carbocycles. The maximum atomic E-state index is 14.6. The van der Waals surface area contributed by atoms with Crippen LogP contribution in [0.5, 0.6) is 5.75 Å². The molecule has 2 heterocycles. The molecule has 0 saturated carbocycles. The Morgan fingerprint density at radius 1 is 1.08 bits per heavy atom. The number of amides is 2. The highest BCUT2D eigenvalue weighted by Crippen LogP contribution is 2.47. The molecule has 2 aromatic carbocycles. The first kappa shape index (κ1) is 26.8. The predicted molar refractivity (Wildman–Crippen MR) is 129 cm³/mol. The third kappa shape index (κ3) is 4.63. The number of nitrogens with one attached hydrogen (secondary N) is 1. The zero-order valence-corrected chi connectivity index (χ0v) is 21.3. The minimum atomic E-state index is -5.00. The molecule has 0 aromatic heterocycles. The Labute approximate surface area is 213 Å². The van der Waals surface area contributed by atoms with Crippen molar-refractivity contribution < 1.29 is 37.0 Å². The summed E-state index contributed by atoms with van der Waals surface area (Å²) in [6.45, 7) is 3.55. The number of benzene rings is 2. The molecule has 37 heavy (non-hydrogen) atoms. The summed E-state index contributed by atoms with van der Waals surface area (Å²) in [6.07, 6.45) is -5.27. The van der Waals surface area contributed by atoms with E-state index in [1.54, 1.807) is 33.1 Å². The molecule has 2 aliphatic heterocycles. The Morgan fingerprint density at radius 2 is 1.70 bits per heavy atom. The van der Waals surface area contributed by atoms with Gasteiger partial charge in [-0.05, 0) is 19.9 Å². The normalized spacial score (nSPS) is 21.1. The second kappa shape index (κ2) is 9.89. The van der Waals surface area contributed by atoms with E-state index in [1.807, 2.05) is 18.2 Å². The number of aryl methyl sites for hydroxylation is 2. The zero-order valence-electron chi connectivity index (χ0n) is 21.3. The van der Waals surface area contributed by atoms with Crippen molar-refractivity contribution in [1.82, 2.24) is 10.2 Å². The fraction of sp³-hybridized carbons (Fsp3) is 0.481. The molecule has 2 saturated heterocycles. The van der Waals surface area contributed by atoms with Gasteiger partial charge in [-0.25, -0.2) is 4.79 Å². The van der Waals surface area contributed by atoms with Crippen LogP contribution >= 0.6 is 0 Å². The summed E-state index contributed by atoms with van der Waals surface area (Å²) >= 11 is 0. The van der Waals surface area contributed by atoms with Crippen LogP contribution < -0.4 is 10.1 Å². The van der Waals surface area contributed by atoms with Crippen LogP contribution in [0.4, 0.5) is 18.0 Å². The van der Waals surface area contributed by atoms with Gasteiger partial charge in [0.15, 0.2) is 0 Å². The van der Waals surface area contributed by atoms with Crippen LogP contribution in [0.2, 0.25) is 0 Å². The van der Waals surface area contributed by atoms with Crippen molar-refractivity contribution in [1.29, 1.82) is 0 Å². The molecule has 2 atom stereocenters. The van der Waals surface area contributed by atoms with E-state index in [4.69, 9.17) is 14.2 Å². The maximum absolute atomic E-state index is 14.6. The summed E-state index contributed by atoms with van der Waals surface area (Å²) in [7, 11) is 2.45. The molecular formula is C27H31F3N2O5. The number of nitrogens with zero attached hydrogens (tertiary/aromatic N) is 1. The second-order valence-corrected chi connectivity index (χ2v) is 9.68. The molecule has 10 heteroatoms. The Bertz CT molecular complexity index is 1160. The van der Waals surface area contributed by atoms with E-state index in [0.717, 1.165) is 17.6 Å². The van der Waals surface area contributed by atoms with Gasteiger partial charge < -0.3 is 24.4 Å². The van der Waals surface area contributed by atoms with E-state index < -0.39 is 29.4 Å². The SMILES string of the molecule is COc1ccccc1C1CNC(=O)OC12CCN(C(=O)[C@@](OC)(c1cc(C)cc(C)c1)C(F)(F)F)CC2. The lowest BCUT2D eigenvalue weighted by molar-refractivity contribution is -0.271. The van der Waals surface area contributed by atoms with E-state index in [2.05, 4.69) is 5.32 Å². The fourth-order valence-corrected chi connectivity index (χ4v) is 5.68. The third-order valence-corrected chi connectivity index (χ3v) is 7.43. The largest absolute Gasteiger partial charge is 0.496 e.